The molecule has 3 N–H and O–H groups in total. The number of urea groups is 1. The second-order valence-corrected chi connectivity index (χ2v) is 6.70. The summed E-state index contributed by atoms with van der Waals surface area (Å²) in [6.45, 7) is 2.26. The van der Waals surface area contributed by atoms with E-state index in [1.807, 2.05) is 0 Å². The zero-order chi connectivity index (χ0) is 20.4. The molecule has 1 aromatic carbocycles. The molecule has 148 valence electrons. The number of hydrogen-bond donors (Lipinski definition) is 3. The van der Waals surface area contributed by atoms with Gasteiger partial charge in [0.2, 0.25) is 0 Å². The molecule has 0 spiro atoms. The molecule has 3 amide bonds. The number of likely N-dealkylation sites (tertiary alicyclic amines) is 1. The van der Waals surface area contributed by atoms with Crippen LogP contribution in [-0.2, 0) is 4.79 Å². The number of halogens is 3. The fourth-order valence-corrected chi connectivity index (χ4v) is 2.85. The number of aliphatic carboxylic acids is 1. The van der Waals surface area contributed by atoms with Crippen molar-refractivity contribution in [3.05, 3.63) is 29.8 Å². The van der Waals surface area contributed by atoms with Crippen molar-refractivity contribution >= 4 is 23.6 Å². The Balaban J connectivity index is 2.16. The molecule has 2 rings (SSSR count). The van der Waals surface area contributed by atoms with Crippen molar-refractivity contribution in [2.24, 2.45) is 5.41 Å². The van der Waals surface area contributed by atoms with Gasteiger partial charge in [0, 0.05) is 30.4 Å². The van der Waals surface area contributed by atoms with Gasteiger partial charge in [-0.25, -0.2) is 4.79 Å². The predicted octanol–water partition coefficient (Wildman–Crippen LogP) is 2.70. The maximum atomic E-state index is 13.2. The van der Waals surface area contributed by atoms with Crippen LogP contribution in [0.2, 0.25) is 0 Å². The van der Waals surface area contributed by atoms with Crippen LogP contribution in [0.1, 0.15) is 30.6 Å². The molecule has 27 heavy (non-hydrogen) atoms. The van der Waals surface area contributed by atoms with Gasteiger partial charge in [-0.2, -0.15) is 13.2 Å². The number of carboxylic acid groups (broad SMARTS) is 1. The number of alkyl halides is 3. The van der Waals surface area contributed by atoms with Gasteiger partial charge in [0.15, 0.2) is 5.41 Å². The maximum Gasteiger partial charge on any atom is 0.406 e. The monoisotopic (exact) mass is 387 g/mol. The summed E-state index contributed by atoms with van der Waals surface area (Å²) in [7, 11) is 0. The van der Waals surface area contributed by atoms with E-state index in [0.29, 0.717) is 5.69 Å². The van der Waals surface area contributed by atoms with Gasteiger partial charge in [0.1, 0.15) is 0 Å². The summed E-state index contributed by atoms with van der Waals surface area (Å²) in [5.41, 5.74) is -2.62. The first-order valence-corrected chi connectivity index (χ1v) is 8.23. The molecule has 1 saturated heterocycles. The van der Waals surface area contributed by atoms with Crippen LogP contribution in [0.3, 0.4) is 0 Å². The third-order valence-electron chi connectivity index (χ3n) is 4.30. The van der Waals surface area contributed by atoms with Crippen LogP contribution in [0.5, 0.6) is 0 Å². The van der Waals surface area contributed by atoms with E-state index < -0.39 is 42.5 Å². The van der Waals surface area contributed by atoms with Gasteiger partial charge in [0.05, 0.1) is 0 Å². The number of carboxylic acids is 1. The molecule has 1 aromatic rings. The smallest absolute Gasteiger partial charge is 0.406 e. The Morgan fingerprint density at radius 3 is 2.44 bits per heavy atom. The largest absolute Gasteiger partial charge is 0.481 e. The molecule has 0 aliphatic carbocycles. The lowest BCUT2D eigenvalue weighted by molar-refractivity contribution is -0.227. The first-order valence-electron chi connectivity index (χ1n) is 8.23. The highest BCUT2D eigenvalue weighted by Crippen LogP contribution is 2.46. The number of nitrogens with one attached hydrogen (secondary N) is 2. The third-order valence-corrected chi connectivity index (χ3v) is 4.30. The van der Waals surface area contributed by atoms with E-state index in [0.717, 1.165) is 4.90 Å². The van der Waals surface area contributed by atoms with E-state index in [4.69, 9.17) is 5.11 Å². The number of amides is 3. The molecule has 0 aromatic heterocycles. The zero-order valence-corrected chi connectivity index (χ0v) is 14.8. The summed E-state index contributed by atoms with van der Waals surface area (Å²) >= 11 is 0. The standard InChI is InChI=1S/C17H20F3N3O4/c1-10(2)21-15(27)22-12-5-3-4-11(8-12)13(24)23-7-6-16(9-23,14(25)26)17(18,19)20/h3-5,8,10H,6-7,9H2,1-2H3,(H,25,26)(H2,21,22,27). The SMILES string of the molecule is CC(C)NC(=O)Nc1cccc(C(=O)N2CCC(C(=O)O)(C(F)(F)F)C2)c1. The predicted molar refractivity (Wildman–Crippen MR) is 90.4 cm³/mol. The summed E-state index contributed by atoms with van der Waals surface area (Å²) in [5.74, 6) is -2.72. The van der Waals surface area contributed by atoms with E-state index in [1.54, 1.807) is 13.8 Å². The summed E-state index contributed by atoms with van der Waals surface area (Å²) < 4.78 is 39.7. The molecule has 1 aliphatic rings. The Kier molecular flexibility index (Phi) is 5.67. The minimum atomic E-state index is -4.97. The quantitative estimate of drug-likeness (QED) is 0.740. The molecular formula is C17H20F3N3O4. The van der Waals surface area contributed by atoms with Gasteiger partial charge in [-0.05, 0) is 38.5 Å². The molecule has 7 nitrogen and oxygen atoms in total. The lowest BCUT2D eigenvalue weighted by Crippen LogP contribution is -2.47. The normalized spacial score (nSPS) is 19.9. The highest BCUT2D eigenvalue weighted by Gasteiger charge is 2.64. The number of carbonyl (C=O) groups is 3. The molecule has 1 aliphatic heterocycles. The summed E-state index contributed by atoms with van der Waals surface area (Å²) in [6, 6.07) is 5.13. The van der Waals surface area contributed by atoms with Gasteiger partial charge in [-0.1, -0.05) is 6.07 Å². The number of anilines is 1. The average molecular weight is 387 g/mol. The lowest BCUT2D eigenvalue weighted by Gasteiger charge is -2.27. The molecule has 1 unspecified atom stereocenters. The van der Waals surface area contributed by atoms with Gasteiger partial charge in [-0.3, -0.25) is 9.59 Å². The number of rotatable bonds is 4. The van der Waals surface area contributed by atoms with Gasteiger partial charge >= 0.3 is 18.2 Å². The van der Waals surface area contributed by atoms with Crippen molar-refractivity contribution in [3.8, 4) is 0 Å². The fraction of sp³-hybridized carbons (Fsp3) is 0.471. The Labute approximate surface area is 153 Å². The number of benzene rings is 1. The van der Waals surface area contributed by atoms with E-state index in [-0.39, 0.29) is 18.2 Å². The van der Waals surface area contributed by atoms with Crippen LogP contribution >= 0.6 is 0 Å². The Hall–Kier alpha value is -2.78. The first kappa shape index (κ1) is 20.5. The molecular weight excluding hydrogens is 367 g/mol. The number of carbonyl (C=O) groups excluding carboxylic acids is 2. The minimum Gasteiger partial charge on any atom is -0.481 e. The van der Waals surface area contributed by atoms with E-state index >= 15 is 0 Å². The van der Waals surface area contributed by atoms with Gasteiger partial charge < -0.3 is 20.6 Å². The highest BCUT2D eigenvalue weighted by molar-refractivity contribution is 5.97. The minimum absolute atomic E-state index is 0.0562. The van der Waals surface area contributed by atoms with Crippen molar-refractivity contribution in [1.82, 2.24) is 10.2 Å². The van der Waals surface area contributed by atoms with E-state index in [2.05, 4.69) is 10.6 Å². The second kappa shape index (κ2) is 7.45. The van der Waals surface area contributed by atoms with Crippen LogP contribution in [-0.4, -0.2) is 53.2 Å². The van der Waals surface area contributed by atoms with Crippen LogP contribution in [0.4, 0.5) is 23.7 Å². The van der Waals surface area contributed by atoms with Crippen molar-refractivity contribution in [2.45, 2.75) is 32.5 Å². The molecule has 10 heteroatoms. The highest BCUT2D eigenvalue weighted by atomic mass is 19.4. The molecule has 1 fully saturated rings. The topological polar surface area (TPSA) is 98.7 Å². The molecule has 1 heterocycles. The van der Waals surface area contributed by atoms with Crippen LogP contribution in [0.25, 0.3) is 0 Å². The summed E-state index contributed by atoms with van der Waals surface area (Å²) in [6.07, 6.45) is -5.67. The van der Waals surface area contributed by atoms with Crippen LogP contribution < -0.4 is 10.6 Å². The summed E-state index contributed by atoms with van der Waals surface area (Å²) in [5, 5.41) is 14.2. The lowest BCUT2D eigenvalue weighted by atomic mass is 9.86. The molecule has 0 radical (unpaired) electrons. The first-order chi connectivity index (χ1) is 12.5. The van der Waals surface area contributed by atoms with Crippen molar-refractivity contribution in [1.29, 1.82) is 0 Å². The average Bonchev–Trinajstić information content (AvgIpc) is 3.00. The Morgan fingerprint density at radius 1 is 1.26 bits per heavy atom. The number of hydrogen-bond acceptors (Lipinski definition) is 3. The molecule has 1 atom stereocenters. The Morgan fingerprint density at radius 2 is 1.93 bits per heavy atom. The fourth-order valence-electron chi connectivity index (χ4n) is 2.85. The van der Waals surface area contributed by atoms with Crippen LogP contribution in [0.15, 0.2) is 24.3 Å². The van der Waals surface area contributed by atoms with E-state index in [9.17, 15) is 27.6 Å². The molecule has 0 bridgehead atoms. The second-order valence-electron chi connectivity index (χ2n) is 6.70. The summed E-state index contributed by atoms with van der Waals surface area (Å²) in [4.78, 5) is 36.4. The Bertz CT molecular complexity index is 751. The van der Waals surface area contributed by atoms with Crippen molar-refractivity contribution < 1.29 is 32.7 Å². The van der Waals surface area contributed by atoms with E-state index in [1.165, 1.54) is 24.3 Å². The van der Waals surface area contributed by atoms with Gasteiger partial charge in [-0.15, -0.1) is 0 Å². The molecule has 0 saturated carbocycles. The van der Waals surface area contributed by atoms with Crippen molar-refractivity contribution in [3.63, 3.8) is 0 Å². The zero-order valence-electron chi connectivity index (χ0n) is 14.8. The van der Waals surface area contributed by atoms with Crippen molar-refractivity contribution in [2.75, 3.05) is 18.4 Å². The maximum absolute atomic E-state index is 13.2. The van der Waals surface area contributed by atoms with Gasteiger partial charge in [0.25, 0.3) is 5.91 Å². The van der Waals surface area contributed by atoms with Crippen LogP contribution in [0, 0.1) is 5.41 Å². The number of nitrogens with zero attached hydrogens (tertiary/aromatic N) is 1. The third kappa shape index (κ3) is 4.32.